The zero-order valence-electron chi connectivity index (χ0n) is 7.02. The molecular formula is C8H8N3O2+. The summed E-state index contributed by atoms with van der Waals surface area (Å²) in [6.07, 6.45) is 0. The van der Waals surface area contributed by atoms with Gasteiger partial charge in [0.15, 0.2) is 4.98 Å². The molecule has 0 fully saturated rings. The number of ether oxygens (including phenoxy) is 1. The van der Waals surface area contributed by atoms with Gasteiger partial charge in [-0.25, -0.2) is 0 Å². The van der Waals surface area contributed by atoms with Crippen LogP contribution in [0.25, 0.3) is 4.98 Å². The fourth-order valence-corrected chi connectivity index (χ4v) is 0.914. The van der Waals surface area contributed by atoms with Crippen LogP contribution in [0.4, 0.5) is 5.69 Å². The maximum atomic E-state index is 10.7. The lowest BCUT2D eigenvalue weighted by atomic mass is 10.2. The Labute approximate surface area is 74.7 Å². The van der Waals surface area contributed by atoms with Gasteiger partial charge in [0, 0.05) is 17.7 Å². The van der Waals surface area contributed by atoms with E-state index in [9.17, 15) is 4.79 Å². The molecule has 0 aliphatic carbocycles. The predicted molar refractivity (Wildman–Crippen MR) is 46.3 cm³/mol. The van der Waals surface area contributed by atoms with Crippen molar-refractivity contribution in [2.24, 2.45) is 5.73 Å². The second kappa shape index (κ2) is 3.54. The summed E-state index contributed by atoms with van der Waals surface area (Å²) in [7, 11) is 1.41. The highest BCUT2D eigenvalue weighted by atomic mass is 16.5. The summed E-state index contributed by atoms with van der Waals surface area (Å²) in [5, 5.41) is 8.51. The Balaban J connectivity index is 3.23. The lowest BCUT2D eigenvalue weighted by Crippen LogP contribution is -2.10. The molecule has 5 nitrogen and oxygen atoms in total. The van der Waals surface area contributed by atoms with Crippen LogP contribution in [-0.4, -0.2) is 13.0 Å². The zero-order valence-corrected chi connectivity index (χ0v) is 7.02. The molecule has 5 heteroatoms. The van der Waals surface area contributed by atoms with E-state index >= 15 is 0 Å². The summed E-state index contributed by atoms with van der Waals surface area (Å²) in [5.74, 6) is -0.249. The molecule has 0 saturated heterocycles. The third-order valence-corrected chi connectivity index (χ3v) is 1.57. The Kier molecular flexibility index (Phi) is 2.45. The first-order valence-electron chi connectivity index (χ1n) is 3.52. The molecule has 0 aliphatic heterocycles. The first kappa shape index (κ1) is 9.00. The van der Waals surface area contributed by atoms with Crippen molar-refractivity contribution >= 4 is 11.6 Å². The lowest BCUT2D eigenvalue weighted by Gasteiger charge is -1.97. The van der Waals surface area contributed by atoms with Gasteiger partial charge in [0.05, 0.1) is 7.11 Å². The molecule has 1 rings (SSSR count). The number of amides is 1. The van der Waals surface area contributed by atoms with Crippen molar-refractivity contribution in [3.8, 4) is 5.75 Å². The number of nitrogens with zero attached hydrogens (tertiary/aromatic N) is 2. The van der Waals surface area contributed by atoms with Crippen LogP contribution in [0.3, 0.4) is 0 Å². The monoisotopic (exact) mass is 178 g/mol. The maximum absolute atomic E-state index is 10.7. The number of hydrogen-bond acceptors (Lipinski definition) is 3. The Hall–Kier alpha value is -2.09. The minimum absolute atomic E-state index is 0.257. The molecular weight excluding hydrogens is 170 g/mol. The predicted octanol–water partition coefficient (Wildman–Crippen LogP) is 1.28. The molecule has 1 aromatic rings. The molecule has 0 spiro atoms. The Morgan fingerprint density at radius 3 is 2.77 bits per heavy atom. The van der Waals surface area contributed by atoms with Gasteiger partial charge in [0.2, 0.25) is 17.0 Å². The third-order valence-electron chi connectivity index (χ3n) is 1.57. The van der Waals surface area contributed by atoms with Gasteiger partial charge < -0.3 is 10.5 Å². The van der Waals surface area contributed by atoms with E-state index in [1.807, 2.05) is 0 Å². The van der Waals surface area contributed by atoms with Gasteiger partial charge in [0.25, 0.3) is 0 Å². The van der Waals surface area contributed by atoms with Crippen molar-refractivity contribution in [2.75, 3.05) is 7.11 Å². The number of benzene rings is 1. The number of rotatable bonds is 2. The van der Waals surface area contributed by atoms with E-state index in [4.69, 9.17) is 15.9 Å². The van der Waals surface area contributed by atoms with Gasteiger partial charge in [-0.3, -0.25) is 4.79 Å². The fourth-order valence-electron chi connectivity index (χ4n) is 0.914. The largest absolute Gasteiger partial charge is 0.489 e. The number of diazo groups is 1. The van der Waals surface area contributed by atoms with Crippen LogP contribution in [0.2, 0.25) is 0 Å². The van der Waals surface area contributed by atoms with Crippen LogP contribution in [-0.2, 0) is 0 Å². The molecule has 66 valence electrons. The van der Waals surface area contributed by atoms with Crippen molar-refractivity contribution in [2.45, 2.75) is 0 Å². The minimum Gasteiger partial charge on any atom is -0.489 e. The second-order valence-electron chi connectivity index (χ2n) is 2.35. The average Bonchev–Trinajstić information content (AvgIpc) is 2.16. The van der Waals surface area contributed by atoms with E-state index < -0.39 is 5.91 Å². The summed E-state index contributed by atoms with van der Waals surface area (Å²) in [6, 6.07) is 4.32. The van der Waals surface area contributed by atoms with Crippen molar-refractivity contribution in [3.05, 3.63) is 28.7 Å². The number of primary amides is 1. The van der Waals surface area contributed by atoms with E-state index in [-0.39, 0.29) is 5.69 Å². The van der Waals surface area contributed by atoms with Crippen LogP contribution in [0.15, 0.2) is 18.2 Å². The van der Waals surface area contributed by atoms with Gasteiger partial charge in [-0.15, -0.1) is 0 Å². The maximum Gasteiger partial charge on any atom is 0.426 e. The molecule has 0 unspecified atom stereocenters. The highest BCUT2D eigenvalue weighted by molar-refractivity contribution is 5.93. The van der Waals surface area contributed by atoms with Gasteiger partial charge in [-0.1, -0.05) is 0 Å². The number of carbonyl (C=O) groups excluding carboxylic acids is 1. The summed E-state index contributed by atoms with van der Waals surface area (Å²) in [4.78, 5) is 13.7. The van der Waals surface area contributed by atoms with Gasteiger partial charge in [-0.2, -0.15) is 0 Å². The van der Waals surface area contributed by atoms with Crippen LogP contribution < -0.4 is 10.5 Å². The van der Waals surface area contributed by atoms with Crippen LogP contribution in [0.1, 0.15) is 10.4 Å². The van der Waals surface area contributed by atoms with Crippen molar-refractivity contribution in [1.82, 2.24) is 0 Å². The van der Waals surface area contributed by atoms with Crippen molar-refractivity contribution in [1.29, 1.82) is 5.39 Å². The Morgan fingerprint density at radius 2 is 2.31 bits per heavy atom. The van der Waals surface area contributed by atoms with Gasteiger partial charge in [0.1, 0.15) is 0 Å². The SMILES string of the molecule is COc1cc(C(N)=O)ccc1[N+]#N. The quantitative estimate of drug-likeness (QED) is 0.692. The molecule has 0 aliphatic rings. The van der Waals surface area contributed by atoms with Crippen LogP contribution in [0.5, 0.6) is 5.75 Å². The van der Waals surface area contributed by atoms with Gasteiger partial charge >= 0.3 is 5.69 Å². The summed E-state index contributed by atoms with van der Waals surface area (Å²) >= 11 is 0. The number of nitrogens with two attached hydrogens (primary N) is 1. The number of carbonyl (C=O) groups is 1. The topological polar surface area (TPSA) is 80.5 Å². The Morgan fingerprint density at radius 1 is 1.62 bits per heavy atom. The molecule has 2 N–H and O–H groups in total. The highest BCUT2D eigenvalue weighted by Crippen LogP contribution is 2.27. The number of methoxy groups -OCH3 is 1. The van der Waals surface area contributed by atoms with E-state index in [1.165, 1.54) is 25.3 Å². The summed E-state index contributed by atoms with van der Waals surface area (Å²) in [6.45, 7) is 0. The summed E-state index contributed by atoms with van der Waals surface area (Å²) < 4.78 is 4.87. The molecule has 0 radical (unpaired) electrons. The average molecular weight is 178 g/mol. The zero-order chi connectivity index (χ0) is 9.84. The molecule has 1 aromatic carbocycles. The molecule has 0 heterocycles. The fraction of sp³-hybridized carbons (Fsp3) is 0.125. The van der Waals surface area contributed by atoms with Crippen molar-refractivity contribution < 1.29 is 9.53 Å². The molecule has 13 heavy (non-hydrogen) atoms. The van der Waals surface area contributed by atoms with E-state index in [0.717, 1.165) is 0 Å². The van der Waals surface area contributed by atoms with Crippen molar-refractivity contribution in [3.63, 3.8) is 0 Å². The van der Waals surface area contributed by atoms with E-state index in [1.54, 1.807) is 0 Å². The van der Waals surface area contributed by atoms with E-state index in [2.05, 4.69) is 4.98 Å². The highest BCUT2D eigenvalue weighted by Gasteiger charge is 2.15. The summed E-state index contributed by atoms with van der Waals surface area (Å²) in [5.41, 5.74) is 5.61. The van der Waals surface area contributed by atoms with Gasteiger partial charge in [-0.05, 0) is 6.07 Å². The first-order valence-corrected chi connectivity index (χ1v) is 3.52. The standard InChI is InChI=1S/C8H7N3O2/c1-13-7-4-5(8(9)12)2-3-6(7)11-10/h2-4H,1H3,(H-,9,12)/p+1. The first-order chi connectivity index (χ1) is 6.19. The van der Waals surface area contributed by atoms with Crippen LogP contribution in [0, 0.1) is 5.39 Å². The number of hydrogen-bond donors (Lipinski definition) is 1. The third kappa shape index (κ3) is 1.73. The lowest BCUT2D eigenvalue weighted by molar-refractivity contribution is 0.1000. The minimum atomic E-state index is -0.553. The second-order valence-corrected chi connectivity index (χ2v) is 2.35. The van der Waals surface area contributed by atoms with Crippen LogP contribution >= 0.6 is 0 Å². The molecule has 0 atom stereocenters. The normalized spacial score (nSPS) is 8.92. The molecule has 0 saturated carbocycles. The Bertz CT molecular complexity index is 381. The molecule has 1 amide bonds. The van der Waals surface area contributed by atoms with E-state index in [0.29, 0.717) is 11.3 Å². The molecule has 0 bridgehead atoms. The smallest absolute Gasteiger partial charge is 0.426 e. The molecule has 0 aromatic heterocycles.